The maximum absolute atomic E-state index is 13.7. The fraction of sp³-hybridized carbons (Fsp3) is 0.440. The Morgan fingerprint density at radius 2 is 1.62 bits per heavy atom. The van der Waals surface area contributed by atoms with Crippen LogP contribution in [0.1, 0.15) is 62.1 Å². The second-order valence-electron chi connectivity index (χ2n) is 8.64. The number of hydrogen-bond acceptors (Lipinski definition) is 2. The normalized spacial score (nSPS) is 15.3. The van der Waals surface area contributed by atoms with Crippen LogP contribution in [0.4, 0.5) is 18.9 Å². The molecule has 0 aliphatic heterocycles. The summed E-state index contributed by atoms with van der Waals surface area (Å²) in [7, 11) is 0. The zero-order valence-corrected chi connectivity index (χ0v) is 20.9. The monoisotopic (exact) mass is 517 g/mol. The predicted molar refractivity (Wildman–Crippen MR) is 129 cm³/mol. The number of amides is 1. The molecular weight excluding hydrogens is 490 g/mol. The van der Waals surface area contributed by atoms with Gasteiger partial charge in [-0.2, -0.15) is 13.2 Å². The van der Waals surface area contributed by atoms with Gasteiger partial charge in [-0.1, -0.05) is 68.6 Å². The number of carboxylic acid groups (broad SMARTS) is 1. The molecule has 0 spiro atoms. The summed E-state index contributed by atoms with van der Waals surface area (Å²) in [6.45, 7) is 6.47. The van der Waals surface area contributed by atoms with Crippen molar-refractivity contribution in [1.29, 1.82) is 0 Å². The van der Waals surface area contributed by atoms with Gasteiger partial charge in [-0.15, -0.1) is 0 Å². The van der Waals surface area contributed by atoms with Crippen LogP contribution in [-0.2, 0) is 9.59 Å². The smallest absolute Gasteiger partial charge is 0.392 e. The number of rotatable bonds is 9. The molecule has 186 valence electrons. The van der Waals surface area contributed by atoms with Crippen LogP contribution in [0.3, 0.4) is 0 Å². The highest BCUT2D eigenvalue weighted by Crippen LogP contribution is 2.40. The lowest BCUT2D eigenvalue weighted by Crippen LogP contribution is -2.34. The maximum Gasteiger partial charge on any atom is 0.392 e. The molecule has 0 saturated heterocycles. The number of carbonyl (C=O) groups excluding carboxylic acids is 1. The van der Waals surface area contributed by atoms with Crippen molar-refractivity contribution in [3.63, 3.8) is 0 Å². The molecule has 1 amide bonds. The van der Waals surface area contributed by atoms with Gasteiger partial charge in [0.15, 0.2) is 0 Å². The first-order chi connectivity index (χ1) is 15.8. The summed E-state index contributed by atoms with van der Waals surface area (Å²) in [5.74, 6) is -5.68. The lowest BCUT2D eigenvalue weighted by molar-refractivity contribution is -0.178. The van der Waals surface area contributed by atoms with Gasteiger partial charge >= 0.3 is 12.1 Å². The Balaban J connectivity index is 2.47. The maximum atomic E-state index is 13.7. The summed E-state index contributed by atoms with van der Waals surface area (Å²) in [6.07, 6.45) is -4.02. The van der Waals surface area contributed by atoms with Crippen LogP contribution in [0.15, 0.2) is 36.4 Å². The molecule has 9 heteroatoms. The van der Waals surface area contributed by atoms with Gasteiger partial charge in [0, 0.05) is 5.02 Å². The molecule has 0 aliphatic rings. The molecule has 34 heavy (non-hydrogen) atoms. The molecule has 0 heterocycles. The van der Waals surface area contributed by atoms with Crippen LogP contribution in [-0.4, -0.2) is 23.2 Å². The molecule has 0 bridgehead atoms. The molecule has 2 N–H and O–H groups in total. The molecule has 0 radical (unpaired) electrons. The second-order valence-corrected chi connectivity index (χ2v) is 9.45. The summed E-state index contributed by atoms with van der Waals surface area (Å²) in [4.78, 5) is 24.6. The van der Waals surface area contributed by atoms with E-state index in [0.717, 1.165) is 13.3 Å². The third-order valence-corrected chi connectivity index (χ3v) is 7.00. The molecule has 2 aromatic carbocycles. The lowest BCUT2D eigenvalue weighted by atomic mass is 9.83. The van der Waals surface area contributed by atoms with Crippen molar-refractivity contribution >= 4 is 40.8 Å². The van der Waals surface area contributed by atoms with Crippen LogP contribution in [0, 0.1) is 18.8 Å². The quantitative estimate of drug-likeness (QED) is 0.356. The minimum absolute atomic E-state index is 0.0240. The number of halogens is 5. The van der Waals surface area contributed by atoms with Crippen molar-refractivity contribution in [1.82, 2.24) is 0 Å². The van der Waals surface area contributed by atoms with Gasteiger partial charge in [-0.25, -0.2) is 0 Å². The molecule has 4 nitrogen and oxygen atoms in total. The predicted octanol–water partition coefficient (Wildman–Crippen LogP) is 7.83. The zero-order chi connectivity index (χ0) is 25.8. The molecule has 2 aromatic rings. The number of alkyl halides is 3. The van der Waals surface area contributed by atoms with Gasteiger partial charge in [-0.3, -0.25) is 9.59 Å². The van der Waals surface area contributed by atoms with Gasteiger partial charge in [-0.05, 0) is 53.6 Å². The average Bonchev–Trinajstić information content (AvgIpc) is 2.75. The van der Waals surface area contributed by atoms with Crippen molar-refractivity contribution in [2.75, 3.05) is 5.32 Å². The SMILES string of the molecule is CCC(C)C(CC(=O)O)c1ccc(Cl)c(NC(=O)[C@H](c2ccc(Cl)c(C)c2)[C@@H](C)C(F)(F)F)c1. The number of hydrogen-bond donors (Lipinski definition) is 2. The summed E-state index contributed by atoms with van der Waals surface area (Å²) in [5, 5.41) is 12.4. The molecule has 2 unspecified atom stereocenters. The van der Waals surface area contributed by atoms with Gasteiger partial charge in [0.2, 0.25) is 5.91 Å². The van der Waals surface area contributed by atoms with Crippen molar-refractivity contribution in [2.45, 2.75) is 58.5 Å². The second kappa shape index (κ2) is 11.5. The van der Waals surface area contributed by atoms with E-state index in [9.17, 15) is 27.9 Å². The third kappa shape index (κ3) is 6.89. The van der Waals surface area contributed by atoms with Crippen LogP contribution in [0.2, 0.25) is 10.0 Å². The van der Waals surface area contributed by atoms with Gasteiger partial charge in [0.05, 0.1) is 29.0 Å². The highest BCUT2D eigenvalue weighted by molar-refractivity contribution is 6.33. The molecule has 4 atom stereocenters. The fourth-order valence-corrected chi connectivity index (χ4v) is 4.20. The Kier molecular flexibility index (Phi) is 9.43. The Bertz CT molecular complexity index is 1040. The van der Waals surface area contributed by atoms with E-state index in [0.29, 0.717) is 16.1 Å². The summed E-state index contributed by atoms with van der Waals surface area (Å²) < 4.78 is 41.0. The molecular formula is C25H28Cl2F3NO3. The number of carbonyl (C=O) groups is 2. The minimum atomic E-state index is -4.62. The highest BCUT2D eigenvalue weighted by atomic mass is 35.5. The number of aryl methyl sites for hydroxylation is 1. The Morgan fingerprint density at radius 3 is 2.15 bits per heavy atom. The lowest BCUT2D eigenvalue weighted by Gasteiger charge is -2.27. The Hall–Kier alpha value is -2.25. The molecule has 0 saturated carbocycles. The largest absolute Gasteiger partial charge is 0.481 e. The van der Waals surface area contributed by atoms with E-state index in [1.54, 1.807) is 19.1 Å². The van der Waals surface area contributed by atoms with E-state index in [4.69, 9.17) is 23.2 Å². The Labute approximate surface area is 207 Å². The zero-order valence-electron chi connectivity index (χ0n) is 19.3. The Morgan fingerprint density at radius 1 is 1.03 bits per heavy atom. The van der Waals surface area contributed by atoms with Crippen molar-refractivity contribution in [3.05, 3.63) is 63.1 Å². The van der Waals surface area contributed by atoms with E-state index >= 15 is 0 Å². The van der Waals surface area contributed by atoms with Crippen molar-refractivity contribution in [3.8, 4) is 0 Å². The molecule has 0 aromatic heterocycles. The van der Waals surface area contributed by atoms with Crippen molar-refractivity contribution < 1.29 is 27.9 Å². The van der Waals surface area contributed by atoms with Crippen LogP contribution in [0.25, 0.3) is 0 Å². The molecule has 0 aliphatic carbocycles. The molecule has 2 rings (SSSR count). The van der Waals surface area contributed by atoms with E-state index in [1.807, 2.05) is 13.8 Å². The average molecular weight is 518 g/mol. The summed E-state index contributed by atoms with van der Waals surface area (Å²) >= 11 is 12.3. The number of nitrogens with one attached hydrogen (secondary N) is 1. The number of aliphatic carboxylic acids is 1. The van der Waals surface area contributed by atoms with E-state index < -0.39 is 29.9 Å². The fourth-order valence-electron chi connectivity index (χ4n) is 3.92. The van der Waals surface area contributed by atoms with Gasteiger partial charge < -0.3 is 10.4 Å². The standard InChI is InChI=1S/C25H28Cl2F3NO3/c1-5-13(2)18(12-22(32)33)16-6-9-20(27)21(11-16)31-24(34)23(15(4)25(28,29)30)17-7-8-19(26)14(3)10-17/h6-11,13,15,18,23H,5,12H2,1-4H3,(H,31,34)(H,32,33)/t13?,15-,18?,23+/m1/s1. The van der Waals surface area contributed by atoms with Crippen LogP contribution < -0.4 is 5.32 Å². The number of benzene rings is 2. The van der Waals surface area contributed by atoms with E-state index in [-0.39, 0.29) is 34.5 Å². The topological polar surface area (TPSA) is 66.4 Å². The molecule has 0 fully saturated rings. The number of anilines is 1. The summed E-state index contributed by atoms with van der Waals surface area (Å²) in [6, 6.07) is 9.08. The van der Waals surface area contributed by atoms with Gasteiger partial charge in [0.1, 0.15) is 0 Å². The van der Waals surface area contributed by atoms with Crippen molar-refractivity contribution in [2.24, 2.45) is 11.8 Å². The van der Waals surface area contributed by atoms with Crippen LogP contribution in [0.5, 0.6) is 0 Å². The van der Waals surface area contributed by atoms with E-state index in [2.05, 4.69) is 5.32 Å². The minimum Gasteiger partial charge on any atom is -0.481 e. The first-order valence-corrected chi connectivity index (χ1v) is 11.7. The van der Waals surface area contributed by atoms with Gasteiger partial charge in [0.25, 0.3) is 0 Å². The highest BCUT2D eigenvalue weighted by Gasteiger charge is 2.45. The number of carboxylic acids is 1. The van der Waals surface area contributed by atoms with Crippen LogP contribution >= 0.6 is 23.2 Å². The first-order valence-electron chi connectivity index (χ1n) is 10.9. The van der Waals surface area contributed by atoms with E-state index in [1.165, 1.54) is 24.3 Å². The summed E-state index contributed by atoms with van der Waals surface area (Å²) in [5.41, 5.74) is 1.50. The third-order valence-electron chi connectivity index (χ3n) is 6.24. The first kappa shape index (κ1) is 28.0.